The predicted molar refractivity (Wildman–Crippen MR) is 92.0 cm³/mol. The van der Waals surface area contributed by atoms with Crippen LogP contribution in [0.1, 0.15) is 17.2 Å². The van der Waals surface area contributed by atoms with Gasteiger partial charge in [-0.05, 0) is 35.4 Å². The van der Waals surface area contributed by atoms with Gasteiger partial charge in [-0.1, -0.05) is 53.5 Å². The average molecular weight is 349 g/mol. The second kappa shape index (κ2) is 7.81. The van der Waals surface area contributed by atoms with E-state index in [9.17, 15) is 9.59 Å². The van der Waals surface area contributed by atoms with E-state index < -0.39 is 17.9 Å². The minimum atomic E-state index is -0.900. The number of carbonyl (C=O) groups is 2. The highest BCUT2D eigenvalue weighted by Crippen LogP contribution is 2.21. The molecule has 0 aromatic heterocycles. The van der Waals surface area contributed by atoms with Crippen molar-refractivity contribution in [2.24, 2.45) is 5.73 Å². The van der Waals surface area contributed by atoms with Crippen LogP contribution in [0.3, 0.4) is 0 Å². The fraction of sp³-hybridized carbons (Fsp3) is 0.0588. The van der Waals surface area contributed by atoms with Gasteiger partial charge in [0.25, 0.3) is 0 Å². The van der Waals surface area contributed by atoms with E-state index in [4.69, 9.17) is 28.9 Å². The molecule has 0 aliphatic heterocycles. The van der Waals surface area contributed by atoms with Crippen molar-refractivity contribution < 1.29 is 9.59 Å². The van der Waals surface area contributed by atoms with Crippen molar-refractivity contribution in [2.45, 2.75) is 6.04 Å². The molecule has 0 heterocycles. The molecule has 0 radical (unpaired) electrons. The summed E-state index contributed by atoms with van der Waals surface area (Å²) < 4.78 is 0. The number of hydrogen-bond donors (Lipinski definition) is 2. The van der Waals surface area contributed by atoms with E-state index in [1.54, 1.807) is 42.5 Å². The maximum atomic E-state index is 12.0. The number of halogens is 2. The van der Waals surface area contributed by atoms with Crippen molar-refractivity contribution in [3.05, 3.63) is 75.8 Å². The topological polar surface area (TPSA) is 72.2 Å². The lowest BCUT2D eigenvalue weighted by Crippen LogP contribution is -2.36. The second-order valence-corrected chi connectivity index (χ2v) is 5.60. The summed E-state index contributed by atoms with van der Waals surface area (Å²) in [5, 5.41) is 3.53. The zero-order valence-electron chi connectivity index (χ0n) is 12.0. The minimum Gasteiger partial charge on any atom is -0.368 e. The third-order valence-electron chi connectivity index (χ3n) is 3.08. The molecule has 0 aliphatic rings. The van der Waals surface area contributed by atoms with Gasteiger partial charge in [-0.3, -0.25) is 9.59 Å². The van der Waals surface area contributed by atoms with E-state index in [0.717, 1.165) is 0 Å². The largest absolute Gasteiger partial charge is 0.368 e. The first-order valence-electron chi connectivity index (χ1n) is 6.75. The smallest absolute Gasteiger partial charge is 0.244 e. The molecular weight excluding hydrogens is 335 g/mol. The molecule has 2 rings (SSSR count). The third kappa shape index (κ3) is 4.84. The van der Waals surface area contributed by atoms with Crippen LogP contribution < -0.4 is 11.1 Å². The quantitative estimate of drug-likeness (QED) is 0.813. The normalized spacial score (nSPS) is 12.1. The molecule has 2 aromatic carbocycles. The first-order valence-corrected chi connectivity index (χ1v) is 7.51. The van der Waals surface area contributed by atoms with Crippen molar-refractivity contribution in [1.29, 1.82) is 0 Å². The van der Waals surface area contributed by atoms with E-state index >= 15 is 0 Å². The highest BCUT2D eigenvalue weighted by molar-refractivity contribution is 6.34. The predicted octanol–water partition coefficient (Wildman–Crippen LogP) is 3.35. The summed E-state index contributed by atoms with van der Waals surface area (Å²) in [7, 11) is 0. The number of primary amides is 1. The zero-order chi connectivity index (χ0) is 16.8. The molecule has 23 heavy (non-hydrogen) atoms. The summed E-state index contributed by atoms with van der Waals surface area (Å²) in [6.45, 7) is 0. The number of hydrogen-bond acceptors (Lipinski definition) is 2. The minimum absolute atomic E-state index is 0.464. The average Bonchev–Trinajstić information content (AvgIpc) is 2.54. The summed E-state index contributed by atoms with van der Waals surface area (Å²) >= 11 is 11.9. The number of nitrogens with two attached hydrogens (primary N) is 1. The van der Waals surface area contributed by atoms with Gasteiger partial charge in [0.05, 0.1) is 0 Å². The summed E-state index contributed by atoms with van der Waals surface area (Å²) in [4.78, 5) is 23.6. The van der Waals surface area contributed by atoms with Crippen LogP contribution in [0.5, 0.6) is 0 Å². The van der Waals surface area contributed by atoms with Gasteiger partial charge < -0.3 is 11.1 Å². The lowest BCUT2D eigenvalue weighted by Gasteiger charge is -2.14. The van der Waals surface area contributed by atoms with Crippen LogP contribution in [0.4, 0.5) is 0 Å². The molecule has 1 unspecified atom stereocenters. The Balaban J connectivity index is 2.12. The van der Waals surface area contributed by atoms with Crippen LogP contribution in [0, 0.1) is 0 Å². The molecule has 6 heteroatoms. The molecule has 0 aliphatic carbocycles. The Hall–Kier alpha value is -2.30. The molecule has 0 spiro atoms. The van der Waals surface area contributed by atoms with Crippen LogP contribution in [0.25, 0.3) is 6.08 Å². The summed E-state index contributed by atoms with van der Waals surface area (Å²) in [5.41, 5.74) is 6.57. The standard InChI is InChI=1S/C17H14Cl2N2O2/c18-13-7-8-14(19)12(10-13)6-9-15(22)21-16(17(20)23)11-4-2-1-3-5-11/h1-10,16H,(H2,20,23)(H,21,22)/b9-6+. The van der Waals surface area contributed by atoms with E-state index in [1.807, 2.05) is 6.07 Å². The fourth-order valence-corrected chi connectivity index (χ4v) is 2.32. The second-order valence-electron chi connectivity index (χ2n) is 4.75. The van der Waals surface area contributed by atoms with Gasteiger partial charge in [-0.25, -0.2) is 0 Å². The molecule has 4 nitrogen and oxygen atoms in total. The molecule has 0 bridgehead atoms. The van der Waals surface area contributed by atoms with E-state index in [-0.39, 0.29) is 0 Å². The molecule has 2 amide bonds. The summed E-state index contributed by atoms with van der Waals surface area (Å²) in [6.07, 6.45) is 2.79. The SMILES string of the molecule is NC(=O)C(NC(=O)/C=C/c1cc(Cl)ccc1Cl)c1ccccc1. The lowest BCUT2D eigenvalue weighted by atomic mass is 10.1. The zero-order valence-corrected chi connectivity index (χ0v) is 13.5. The van der Waals surface area contributed by atoms with E-state index in [1.165, 1.54) is 12.2 Å². The number of nitrogens with one attached hydrogen (secondary N) is 1. The first-order chi connectivity index (χ1) is 11.0. The third-order valence-corrected chi connectivity index (χ3v) is 3.66. The maximum absolute atomic E-state index is 12.0. The number of rotatable bonds is 5. The molecule has 0 fully saturated rings. The molecule has 1 atom stereocenters. The first kappa shape index (κ1) is 17.1. The summed E-state index contributed by atoms with van der Waals surface area (Å²) in [5.74, 6) is -1.10. The molecular formula is C17H14Cl2N2O2. The van der Waals surface area contributed by atoms with E-state index in [0.29, 0.717) is 21.2 Å². The maximum Gasteiger partial charge on any atom is 0.244 e. The van der Waals surface area contributed by atoms with Crippen molar-refractivity contribution in [3.63, 3.8) is 0 Å². The van der Waals surface area contributed by atoms with E-state index in [2.05, 4.69) is 5.32 Å². The molecule has 2 aromatic rings. The van der Waals surface area contributed by atoms with Gasteiger partial charge in [0.1, 0.15) is 6.04 Å². The van der Waals surface area contributed by atoms with Crippen LogP contribution in [-0.4, -0.2) is 11.8 Å². The number of benzene rings is 2. The highest BCUT2D eigenvalue weighted by Gasteiger charge is 2.18. The Morgan fingerprint density at radius 2 is 1.78 bits per heavy atom. The van der Waals surface area contributed by atoms with Crippen LogP contribution in [-0.2, 0) is 9.59 Å². The molecule has 118 valence electrons. The monoisotopic (exact) mass is 348 g/mol. The molecule has 3 N–H and O–H groups in total. The highest BCUT2D eigenvalue weighted by atomic mass is 35.5. The van der Waals surface area contributed by atoms with Crippen molar-refractivity contribution in [1.82, 2.24) is 5.32 Å². The Kier molecular flexibility index (Phi) is 5.79. The Bertz CT molecular complexity index is 746. The van der Waals surface area contributed by atoms with Gasteiger partial charge in [0, 0.05) is 16.1 Å². The Morgan fingerprint density at radius 1 is 1.09 bits per heavy atom. The van der Waals surface area contributed by atoms with Crippen molar-refractivity contribution >= 4 is 41.1 Å². The van der Waals surface area contributed by atoms with Gasteiger partial charge in [0.15, 0.2) is 0 Å². The van der Waals surface area contributed by atoms with Gasteiger partial charge in [-0.2, -0.15) is 0 Å². The van der Waals surface area contributed by atoms with Gasteiger partial charge in [-0.15, -0.1) is 0 Å². The van der Waals surface area contributed by atoms with Crippen molar-refractivity contribution in [2.75, 3.05) is 0 Å². The van der Waals surface area contributed by atoms with Crippen LogP contribution in [0.2, 0.25) is 10.0 Å². The summed E-state index contributed by atoms with van der Waals surface area (Å²) in [6, 6.07) is 12.8. The lowest BCUT2D eigenvalue weighted by molar-refractivity contribution is -0.125. The number of carbonyl (C=O) groups excluding carboxylic acids is 2. The van der Waals surface area contributed by atoms with Crippen LogP contribution >= 0.6 is 23.2 Å². The Labute approximate surface area is 143 Å². The van der Waals surface area contributed by atoms with Crippen LogP contribution in [0.15, 0.2) is 54.6 Å². The number of amides is 2. The van der Waals surface area contributed by atoms with Gasteiger partial charge >= 0.3 is 0 Å². The molecule has 0 saturated heterocycles. The van der Waals surface area contributed by atoms with Crippen molar-refractivity contribution in [3.8, 4) is 0 Å². The molecule has 0 saturated carbocycles. The van der Waals surface area contributed by atoms with Gasteiger partial charge in [0.2, 0.25) is 11.8 Å². The Morgan fingerprint density at radius 3 is 2.43 bits per heavy atom. The fourth-order valence-electron chi connectivity index (χ4n) is 1.96.